The molecule has 5 rings (SSSR count). The molecule has 0 aliphatic heterocycles. The van der Waals surface area contributed by atoms with E-state index >= 15 is 0 Å². The number of hydrogen-bond acceptors (Lipinski definition) is 6. The predicted octanol–water partition coefficient (Wildman–Crippen LogP) is 3.00. The molecule has 1 N–H and O–H groups in total. The molecule has 5 aromatic rings. The molecule has 0 bridgehead atoms. The van der Waals surface area contributed by atoms with Crippen molar-refractivity contribution in [3.63, 3.8) is 0 Å². The summed E-state index contributed by atoms with van der Waals surface area (Å²) >= 11 is 0. The average molecular weight is 464 g/mol. The van der Waals surface area contributed by atoms with Gasteiger partial charge in [-0.1, -0.05) is 48.5 Å². The molecule has 9 heteroatoms. The number of nitrogens with zero attached hydrogens (tertiary/aromatic N) is 6. The second-order valence-electron chi connectivity index (χ2n) is 7.88. The molecule has 0 unspecified atom stereocenters. The van der Waals surface area contributed by atoms with Crippen molar-refractivity contribution in [3.8, 4) is 11.3 Å². The summed E-state index contributed by atoms with van der Waals surface area (Å²) in [6.07, 6.45) is 6.83. The van der Waals surface area contributed by atoms with E-state index in [-0.39, 0.29) is 11.3 Å². The summed E-state index contributed by atoms with van der Waals surface area (Å²) in [7, 11) is 1.51. The fourth-order valence-corrected chi connectivity index (χ4v) is 3.79. The highest BCUT2D eigenvalue weighted by atomic mass is 16.2. The number of carbonyl (C=O) groups is 1. The Hall–Kier alpha value is -4.92. The van der Waals surface area contributed by atoms with Gasteiger partial charge >= 0.3 is 0 Å². The summed E-state index contributed by atoms with van der Waals surface area (Å²) < 4.78 is 2.97. The highest BCUT2D eigenvalue weighted by Gasteiger charge is 2.15. The lowest BCUT2D eigenvalue weighted by molar-refractivity contribution is 0.0950. The van der Waals surface area contributed by atoms with E-state index in [2.05, 4.69) is 20.6 Å². The Labute approximate surface area is 200 Å². The van der Waals surface area contributed by atoms with Crippen LogP contribution in [-0.4, -0.2) is 36.7 Å². The zero-order chi connectivity index (χ0) is 24.2. The number of hydrogen-bond donors (Lipinski definition) is 1. The third kappa shape index (κ3) is 4.60. The van der Waals surface area contributed by atoms with Crippen LogP contribution in [0.2, 0.25) is 0 Å². The molecule has 0 fully saturated rings. The van der Waals surface area contributed by atoms with E-state index in [9.17, 15) is 9.59 Å². The summed E-state index contributed by atoms with van der Waals surface area (Å²) in [5.41, 5.74) is 5.72. The van der Waals surface area contributed by atoms with Gasteiger partial charge in [-0.2, -0.15) is 15.3 Å². The van der Waals surface area contributed by atoms with Crippen LogP contribution in [0.3, 0.4) is 0 Å². The van der Waals surface area contributed by atoms with E-state index in [1.165, 1.54) is 7.05 Å². The van der Waals surface area contributed by atoms with Crippen molar-refractivity contribution in [1.29, 1.82) is 0 Å². The van der Waals surface area contributed by atoms with Crippen LogP contribution in [-0.2, 0) is 13.6 Å². The standard InChI is InChI=1S/C26H21N7O2/c1-32-26(35)22-12-6-5-11-21(22)24(30-32)25(34)29-28-15-20-17-33(16-18-8-3-2-4-9-18)31-23(20)19-10-7-13-27-14-19/h2-15,17H,16H2,1H3,(H,29,34)/b28-15+. The van der Waals surface area contributed by atoms with E-state index in [1.54, 1.807) is 42.9 Å². The molecular formula is C26H21N7O2. The second kappa shape index (κ2) is 9.52. The number of amides is 1. The van der Waals surface area contributed by atoms with Crippen LogP contribution in [0.25, 0.3) is 22.0 Å². The Balaban J connectivity index is 1.44. The molecule has 3 heterocycles. The molecule has 3 aromatic heterocycles. The summed E-state index contributed by atoms with van der Waals surface area (Å²) in [5, 5.41) is 13.9. The molecule has 2 aromatic carbocycles. The first-order valence-corrected chi connectivity index (χ1v) is 10.9. The largest absolute Gasteiger partial charge is 0.292 e. The highest BCUT2D eigenvalue weighted by Crippen LogP contribution is 2.20. The maximum Gasteiger partial charge on any atom is 0.292 e. The predicted molar refractivity (Wildman–Crippen MR) is 133 cm³/mol. The Kier molecular flexibility index (Phi) is 5.96. The quantitative estimate of drug-likeness (QED) is 0.308. The van der Waals surface area contributed by atoms with E-state index < -0.39 is 5.91 Å². The van der Waals surface area contributed by atoms with Crippen LogP contribution in [0.5, 0.6) is 0 Å². The minimum absolute atomic E-state index is 0.118. The zero-order valence-electron chi connectivity index (χ0n) is 18.9. The van der Waals surface area contributed by atoms with Crippen molar-refractivity contribution in [2.75, 3.05) is 0 Å². The van der Waals surface area contributed by atoms with Crippen LogP contribution in [0.15, 0.2) is 95.2 Å². The molecule has 35 heavy (non-hydrogen) atoms. The number of pyridine rings is 1. The first kappa shape index (κ1) is 21.9. The van der Waals surface area contributed by atoms with Gasteiger partial charge in [0, 0.05) is 42.2 Å². The number of benzene rings is 2. The van der Waals surface area contributed by atoms with Crippen LogP contribution in [0, 0.1) is 0 Å². The van der Waals surface area contributed by atoms with Crippen LogP contribution in [0.4, 0.5) is 0 Å². The number of aromatic nitrogens is 5. The lowest BCUT2D eigenvalue weighted by Gasteiger charge is -2.06. The smallest absolute Gasteiger partial charge is 0.267 e. The van der Waals surface area contributed by atoms with Crippen molar-refractivity contribution in [3.05, 3.63) is 112 Å². The number of fused-ring (bicyclic) bond motifs is 1. The summed E-state index contributed by atoms with van der Waals surface area (Å²) in [6, 6.07) is 20.6. The zero-order valence-corrected chi connectivity index (χ0v) is 18.9. The van der Waals surface area contributed by atoms with Gasteiger partial charge in [0.05, 0.1) is 18.1 Å². The molecule has 0 aliphatic rings. The maximum atomic E-state index is 12.9. The number of nitrogens with one attached hydrogen (secondary N) is 1. The van der Waals surface area contributed by atoms with Crippen LogP contribution in [0.1, 0.15) is 21.6 Å². The Bertz CT molecular complexity index is 1590. The molecular weight excluding hydrogens is 442 g/mol. The fraction of sp³-hybridized carbons (Fsp3) is 0.0769. The maximum absolute atomic E-state index is 12.9. The number of aryl methyl sites for hydroxylation is 1. The van der Waals surface area contributed by atoms with Gasteiger partial charge in [0.25, 0.3) is 11.5 Å². The van der Waals surface area contributed by atoms with Crippen molar-refractivity contribution >= 4 is 22.9 Å². The molecule has 172 valence electrons. The fourth-order valence-electron chi connectivity index (χ4n) is 3.79. The van der Waals surface area contributed by atoms with E-state index in [0.29, 0.717) is 28.6 Å². The van der Waals surface area contributed by atoms with Crippen molar-refractivity contribution in [2.45, 2.75) is 6.54 Å². The minimum atomic E-state index is -0.521. The lowest BCUT2D eigenvalue weighted by atomic mass is 10.1. The van der Waals surface area contributed by atoms with Gasteiger partial charge in [0.2, 0.25) is 0 Å². The number of carbonyl (C=O) groups excluding carboxylic acids is 1. The highest BCUT2D eigenvalue weighted by molar-refractivity contribution is 6.05. The van der Waals surface area contributed by atoms with Crippen LogP contribution >= 0.6 is 0 Å². The third-order valence-electron chi connectivity index (χ3n) is 5.45. The van der Waals surface area contributed by atoms with Gasteiger partial charge in [-0.05, 0) is 23.8 Å². The second-order valence-corrected chi connectivity index (χ2v) is 7.88. The molecule has 0 radical (unpaired) electrons. The van der Waals surface area contributed by atoms with Gasteiger partial charge in [-0.3, -0.25) is 19.3 Å². The van der Waals surface area contributed by atoms with Crippen molar-refractivity contribution < 1.29 is 4.79 Å². The molecule has 0 saturated carbocycles. The molecule has 1 amide bonds. The van der Waals surface area contributed by atoms with E-state index in [0.717, 1.165) is 15.8 Å². The molecule has 0 aliphatic carbocycles. The molecule has 0 saturated heterocycles. The van der Waals surface area contributed by atoms with Crippen molar-refractivity contribution in [1.82, 2.24) is 30.0 Å². The van der Waals surface area contributed by atoms with Gasteiger partial charge in [0.1, 0.15) is 5.69 Å². The van der Waals surface area contributed by atoms with Crippen molar-refractivity contribution in [2.24, 2.45) is 12.1 Å². The topological polar surface area (TPSA) is 107 Å². The number of hydrazone groups is 1. The van der Waals surface area contributed by atoms with Gasteiger partial charge in [-0.15, -0.1) is 0 Å². The number of rotatable bonds is 6. The SMILES string of the molecule is Cn1nc(C(=O)N/N=C/c2cn(Cc3ccccc3)nc2-c2cccnc2)c2ccccc2c1=O. The first-order valence-electron chi connectivity index (χ1n) is 10.9. The Morgan fingerprint density at radius 2 is 1.77 bits per heavy atom. The molecule has 0 atom stereocenters. The monoisotopic (exact) mass is 463 g/mol. The summed E-state index contributed by atoms with van der Waals surface area (Å²) in [4.78, 5) is 29.4. The van der Waals surface area contributed by atoms with E-state index in [4.69, 9.17) is 5.10 Å². The Morgan fingerprint density at radius 3 is 2.54 bits per heavy atom. The third-order valence-corrected chi connectivity index (χ3v) is 5.45. The van der Waals surface area contributed by atoms with Gasteiger partial charge < -0.3 is 0 Å². The Morgan fingerprint density at radius 1 is 1.00 bits per heavy atom. The normalized spacial score (nSPS) is 11.2. The van der Waals surface area contributed by atoms with E-state index in [1.807, 2.05) is 53.3 Å². The average Bonchev–Trinajstić information content (AvgIpc) is 3.29. The molecule has 9 nitrogen and oxygen atoms in total. The van der Waals surface area contributed by atoms with Gasteiger partial charge in [-0.25, -0.2) is 10.1 Å². The van der Waals surface area contributed by atoms with Crippen LogP contribution < -0.4 is 11.0 Å². The first-order chi connectivity index (χ1) is 17.1. The minimum Gasteiger partial charge on any atom is -0.267 e. The van der Waals surface area contributed by atoms with Gasteiger partial charge in [0.15, 0.2) is 5.69 Å². The molecule has 0 spiro atoms. The summed E-state index contributed by atoms with van der Waals surface area (Å²) in [5.74, 6) is -0.521. The summed E-state index contributed by atoms with van der Waals surface area (Å²) in [6.45, 7) is 0.586. The lowest BCUT2D eigenvalue weighted by Crippen LogP contribution is -2.27.